The highest BCUT2D eigenvalue weighted by Crippen LogP contribution is 2.15. The molecule has 0 aliphatic carbocycles. The van der Waals surface area contributed by atoms with E-state index in [1.165, 1.54) is 10.9 Å². The van der Waals surface area contributed by atoms with Crippen molar-refractivity contribution in [1.82, 2.24) is 9.88 Å². The molecule has 0 saturated heterocycles. The van der Waals surface area contributed by atoms with E-state index in [0.29, 0.717) is 12.0 Å². The molecule has 20 heavy (non-hydrogen) atoms. The highest BCUT2D eigenvalue weighted by molar-refractivity contribution is 5.80. The number of nitrogens with zero attached hydrogens (tertiary/aromatic N) is 2. The predicted molar refractivity (Wildman–Crippen MR) is 85.9 cm³/mol. The van der Waals surface area contributed by atoms with E-state index in [4.69, 9.17) is 5.73 Å². The van der Waals surface area contributed by atoms with Crippen LogP contribution in [0.1, 0.15) is 26.7 Å². The number of aromatic nitrogens is 1. The van der Waals surface area contributed by atoms with Crippen molar-refractivity contribution in [3.63, 3.8) is 0 Å². The minimum Gasteiger partial charge on any atom is -0.370 e. The molecule has 1 unspecified atom stereocenters. The van der Waals surface area contributed by atoms with E-state index in [0.717, 1.165) is 25.9 Å². The molecule has 1 aromatic carbocycles. The predicted octanol–water partition coefficient (Wildman–Crippen LogP) is 2.73. The number of aryl methyl sites for hydroxylation is 1. The smallest absolute Gasteiger partial charge is 0.188 e. The molecule has 0 aliphatic rings. The minimum absolute atomic E-state index is 0.382. The van der Waals surface area contributed by atoms with E-state index in [-0.39, 0.29) is 0 Å². The molecule has 0 spiro atoms. The summed E-state index contributed by atoms with van der Waals surface area (Å²) in [5.41, 5.74) is 7.11. The number of nitrogens with two attached hydrogens (primary N) is 1. The Morgan fingerprint density at radius 2 is 2.15 bits per heavy atom. The molecule has 0 fully saturated rings. The van der Waals surface area contributed by atoms with Crippen molar-refractivity contribution >= 4 is 16.9 Å². The average molecular weight is 272 g/mol. The van der Waals surface area contributed by atoms with Gasteiger partial charge in [0.15, 0.2) is 5.96 Å². The third-order valence-corrected chi connectivity index (χ3v) is 3.53. The Labute approximate surface area is 120 Å². The monoisotopic (exact) mass is 272 g/mol. The maximum absolute atomic E-state index is 5.83. The van der Waals surface area contributed by atoms with Crippen LogP contribution in [0.25, 0.3) is 10.9 Å². The Morgan fingerprint density at radius 3 is 2.95 bits per heavy atom. The molecule has 4 nitrogen and oxygen atoms in total. The summed E-state index contributed by atoms with van der Waals surface area (Å²) in [5.74, 6) is 0.553. The number of rotatable bonds is 6. The molecule has 0 saturated carbocycles. The van der Waals surface area contributed by atoms with Gasteiger partial charge in [0.1, 0.15) is 0 Å². The van der Waals surface area contributed by atoms with Crippen LogP contribution >= 0.6 is 0 Å². The number of hydrogen-bond acceptors (Lipinski definition) is 1. The molecule has 0 bridgehead atoms. The van der Waals surface area contributed by atoms with Gasteiger partial charge in [0, 0.05) is 30.8 Å². The number of aliphatic imine (C=N–C) groups is 1. The topological polar surface area (TPSA) is 55.3 Å². The zero-order valence-corrected chi connectivity index (χ0v) is 12.3. The highest BCUT2D eigenvalue weighted by atomic mass is 15.1. The Hall–Kier alpha value is -1.97. The van der Waals surface area contributed by atoms with E-state index in [2.05, 4.69) is 65.3 Å². The number of benzene rings is 1. The third-order valence-electron chi connectivity index (χ3n) is 3.53. The molecule has 3 N–H and O–H groups in total. The van der Waals surface area contributed by atoms with Crippen LogP contribution in [-0.2, 0) is 6.54 Å². The van der Waals surface area contributed by atoms with Crippen molar-refractivity contribution in [2.45, 2.75) is 39.3 Å². The van der Waals surface area contributed by atoms with Crippen LogP contribution in [-0.4, -0.2) is 23.1 Å². The van der Waals surface area contributed by atoms with E-state index < -0.39 is 0 Å². The van der Waals surface area contributed by atoms with E-state index in [9.17, 15) is 0 Å². The SMILES string of the molecule is CCC(C)NC(N)=NCCCn1ccc2ccccc21. The molecule has 108 valence electrons. The van der Waals surface area contributed by atoms with Gasteiger partial charge in [-0.3, -0.25) is 4.99 Å². The average Bonchev–Trinajstić information content (AvgIpc) is 2.87. The lowest BCUT2D eigenvalue weighted by molar-refractivity contribution is 0.630. The third kappa shape index (κ3) is 3.76. The number of nitrogens with one attached hydrogen (secondary N) is 1. The standard InChI is InChI=1S/C16H24N4/c1-3-13(2)19-16(17)18-10-6-11-20-12-9-14-7-4-5-8-15(14)20/h4-5,7-9,12-13H,3,6,10-11H2,1-2H3,(H3,17,18,19). The zero-order chi connectivity index (χ0) is 14.4. The van der Waals surface area contributed by atoms with Crippen LogP contribution < -0.4 is 11.1 Å². The van der Waals surface area contributed by atoms with Crippen molar-refractivity contribution in [3.05, 3.63) is 36.5 Å². The second kappa shape index (κ2) is 6.98. The first-order valence-corrected chi connectivity index (χ1v) is 7.31. The fourth-order valence-electron chi connectivity index (χ4n) is 2.18. The fourth-order valence-corrected chi connectivity index (χ4v) is 2.18. The molecule has 4 heteroatoms. The largest absolute Gasteiger partial charge is 0.370 e. The summed E-state index contributed by atoms with van der Waals surface area (Å²) >= 11 is 0. The molecular weight excluding hydrogens is 248 g/mol. The van der Waals surface area contributed by atoms with Gasteiger partial charge in [0.25, 0.3) is 0 Å². The molecule has 0 aliphatic heterocycles. The number of fused-ring (bicyclic) bond motifs is 1. The summed E-state index contributed by atoms with van der Waals surface area (Å²) in [6.07, 6.45) is 4.17. The Morgan fingerprint density at radius 1 is 1.35 bits per heavy atom. The number of para-hydroxylation sites is 1. The lowest BCUT2D eigenvalue weighted by Gasteiger charge is -2.11. The quantitative estimate of drug-likeness (QED) is 0.482. The Kier molecular flexibility index (Phi) is 5.04. The van der Waals surface area contributed by atoms with Crippen molar-refractivity contribution < 1.29 is 0 Å². The lowest BCUT2D eigenvalue weighted by Crippen LogP contribution is -2.38. The van der Waals surface area contributed by atoms with Gasteiger partial charge >= 0.3 is 0 Å². The summed E-state index contributed by atoms with van der Waals surface area (Å²) in [5, 5.41) is 4.46. The van der Waals surface area contributed by atoms with Crippen LogP contribution in [0.15, 0.2) is 41.5 Å². The number of guanidine groups is 1. The minimum atomic E-state index is 0.382. The van der Waals surface area contributed by atoms with E-state index in [1.807, 2.05) is 0 Å². The summed E-state index contributed by atoms with van der Waals surface area (Å²) in [7, 11) is 0. The van der Waals surface area contributed by atoms with Gasteiger partial charge in [-0.2, -0.15) is 0 Å². The summed E-state index contributed by atoms with van der Waals surface area (Å²) < 4.78 is 2.27. The summed E-state index contributed by atoms with van der Waals surface area (Å²) in [4.78, 5) is 4.36. The first-order chi connectivity index (χ1) is 9.70. The summed E-state index contributed by atoms with van der Waals surface area (Å²) in [6.45, 7) is 5.95. The molecule has 0 radical (unpaired) electrons. The second-order valence-electron chi connectivity index (χ2n) is 5.14. The van der Waals surface area contributed by atoms with Crippen LogP contribution in [0.2, 0.25) is 0 Å². The van der Waals surface area contributed by atoms with Crippen LogP contribution in [0.4, 0.5) is 0 Å². The van der Waals surface area contributed by atoms with Gasteiger partial charge in [0.2, 0.25) is 0 Å². The molecule has 1 heterocycles. The van der Waals surface area contributed by atoms with Crippen LogP contribution in [0.3, 0.4) is 0 Å². The van der Waals surface area contributed by atoms with E-state index in [1.54, 1.807) is 0 Å². The lowest BCUT2D eigenvalue weighted by atomic mass is 10.2. The second-order valence-corrected chi connectivity index (χ2v) is 5.14. The van der Waals surface area contributed by atoms with Crippen LogP contribution in [0.5, 0.6) is 0 Å². The van der Waals surface area contributed by atoms with Crippen molar-refractivity contribution in [3.8, 4) is 0 Å². The normalized spacial score (nSPS) is 13.6. The van der Waals surface area contributed by atoms with Crippen molar-refractivity contribution in [1.29, 1.82) is 0 Å². The van der Waals surface area contributed by atoms with Crippen molar-refractivity contribution in [2.75, 3.05) is 6.54 Å². The maximum atomic E-state index is 5.83. The van der Waals surface area contributed by atoms with Crippen LogP contribution in [0, 0.1) is 0 Å². The first kappa shape index (κ1) is 14.4. The molecular formula is C16H24N4. The Bertz CT molecular complexity index is 571. The highest BCUT2D eigenvalue weighted by Gasteiger charge is 2.00. The molecule has 0 amide bonds. The van der Waals surface area contributed by atoms with Gasteiger partial charge in [-0.1, -0.05) is 25.1 Å². The molecule has 1 aromatic heterocycles. The van der Waals surface area contributed by atoms with Crippen molar-refractivity contribution in [2.24, 2.45) is 10.7 Å². The Balaban J connectivity index is 1.83. The molecule has 1 atom stereocenters. The fraction of sp³-hybridized carbons (Fsp3) is 0.438. The summed E-state index contributed by atoms with van der Waals surface area (Å²) in [6, 6.07) is 11.0. The maximum Gasteiger partial charge on any atom is 0.188 e. The first-order valence-electron chi connectivity index (χ1n) is 7.31. The van der Waals surface area contributed by atoms with Gasteiger partial charge < -0.3 is 15.6 Å². The van der Waals surface area contributed by atoms with Gasteiger partial charge in [-0.05, 0) is 37.3 Å². The zero-order valence-electron chi connectivity index (χ0n) is 12.3. The van der Waals surface area contributed by atoms with E-state index >= 15 is 0 Å². The molecule has 2 aromatic rings. The van der Waals surface area contributed by atoms with Gasteiger partial charge in [0.05, 0.1) is 0 Å². The van der Waals surface area contributed by atoms with Gasteiger partial charge in [-0.25, -0.2) is 0 Å². The molecule has 2 rings (SSSR count). The number of hydrogen-bond donors (Lipinski definition) is 2. The van der Waals surface area contributed by atoms with Gasteiger partial charge in [-0.15, -0.1) is 0 Å².